The number of nitrogens with zero attached hydrogens (tertiary/aromatic N) is 1. The van der Waals surface area contributed by atoms with Gasteiger partial charge in [-0.15, -0.1) is 0 Å². The summed E-state index contributed by atoms with van der Waals surface area (Å²) in [6.45, 7) is 6.58. The van der Waals surface area contributed by atoms with Crippen molar-refractivity contribution in [3.05, 3.63) is 107 Å². The second-order valence-corrected chi connectivity index (χ2v) is 9.91. The van der Waals surface area contributed by atoms with Gasteiger partial charge in [-0.25, -0.2) is 9.18 Å². The molecule has 0 unspecified atom stereocenters. The number of aromatic carboxylic acids is 1. The van der Waals surface area contributed by atoms with E-state index in [1.807, 2.05) is 0 Å². The van der Waals surface area contributed by atoms with Crippen molar-refractivity contribution in [2.24, 2.45) is 0 Å². The van der Waals surface area contributed by atoms with Crippen LogP contribution in [0.2, 0.25) is 0 Å². The van der Waals surface area contributed by atoms with Crippen LogP contribution in [0.15, 0.2) is 72.9 Å². The van der Waals surface area contributed by atoms with E-state index in [-0.39, 0.29) is 17.7 Å². The number of fused-ring (bicyclic) bond motifs is 1. The van der Waals surface area contributed by atoms with Crippen molar-refractivity contribution >= 4 is 22.8 Å². The third-order valence-corrected chi connectivity index (χ3v) is 6.99. The van der Waals surface area contributed by atoms with Crippen molar-refractivity contribution in [1.29, 1.82) is 0 Å². The molecule has 0 radical (unpaired) electrons. The molecule has 3 aromatic carbocycles. The van der Waals surface area contributed by atoms with E-state index in [1.165, 1.54) is 30.3 Å². The molecule has 1 fully saturated rings. The van der Waals surface area contributed by atoms with Crippen LogP contribution in [0.1, 0.15) is 64.1 Å². The van der Waals surface area contributed by atoms with Gasteiger partial charge >= 0.3 is 12.1 Å². The van der Waals surface area contributed by atoms with Crippen LogP contribution in [0.3, 0.4) is 0 Å². The maximum Gasteiger partial charge on any atom is 0.416 e. The van der Waals surface area contributed by atoms with Crippen LogP contribution < -0.4 is 10.6 Å². The lowest BCUT2D eigenvalue weighted by molar-refractivity contribution is -0.137. The van der Waals surface area contributed by atoms with Gasteiger partial charge in [0.05, 0.1) is 27.7 Å². The third-order valence-electron chi connectivity index (χ3n) is 6.99. The van der Waals surface area contributed by atoms with E-state index in [0.29, 0.717) is 29.3 Å². The van der Waals surface area contributed by atoms with Crippen LogP contribution in [0, 0.1) is 5.82 Å². The van der Waals surface area contributed by atoms with Gasteiger partial charge < -0.3 is 20.3 Å². The molecule has 5 rings (SSSR count). The molecule has 1 amide bonds. The van der Waals surface area contributed by atoms with Crippen LogP contribution in [0.5, 0.6) is 0 Å². The predicted octanol–water partition coefficient (Wildman–Crippen LogP) is 6.58. The minimum atomic E-state index is -4.44. The largest absolute Gasteiger partial charge is 0.478 e. The summed E-state index contributed by atoms with van der Waals surface area (Å²) in [6, 6.07) is 15.1. The molecule has 0 spiro atoms. The number of carboxylic acid groups (broad SMARTS) is 1. The maximum absolute atomic E-state index is 14.4. The van der Waals surface area contributed by atoms with Crippen molar-refractivity contribution in [3.63, 3.8) is 0 Å². The number of alkyl halides is 3. The van der Waals surface area contributed by atoms with E-state index in [0.717, 1.165) is 36.9 Å². The van der Waals surface area contributed by atoms with Crippen molar-refractivity contribution in [2.45, 2.75) is 44.9 Å². The average Bonchev–Trinajstić information content (AvgIpc) is 3.61. The Kier molecular flexibility index (Phi) is 8.82. The van der Waals surface area contributed by atoms with Gasteiger partial charge in [-0.05, 0) is 79.5 Å². The number of benzene rings is 3. The molecule has 0 atom stereocenters. The first-order chi connectivity index (χ1) is 19.5. The molecule has 4 aromatic rings. The minimum Gasteiger partial charge on any atom is -0.478 e. The zero-order valence-electron chi connectivity index (χ0n) is 22.7. The summed E-state index contributed by atoms with van der Waals surface area (Å²) in [6.07, 6.45) is -1.48. The molecule has 6 nitrogen and oxygen atoms in total. The van der Waals surface area contributed by atoms with E-state index < -0.39 is 35.0 Å². The number of carbonyl (C=O) groups excluding carboxylic acids is 1. The molecule has 1 aliphatic rings. The minimum absolute atomic E-state index is 0.107. The van der Waals surface area contributed by atoms with Crippen molar-refractivity contribution in [2.75, 3.05) is 13.1 Å². The van der Waals surface area contributed by atoms with Crippen LogP contribution in [-0.2, 0) is 18.3 Å². The van der Waals surface area contributed by atoms with Gasteiger partial charge in [-0.2, -0.15) is 13.2 Å². The molecule has 1 aliphatic carbocycles. The monoisotopic (exact) mass is 569 g/mol. The summed E-state index contributed by atoms with van der Waals surface area (Å²) in [5.74, 6) is -2.13. The lowest BCUT2D eigenvalue weighted by atomic mass is 10.0. The molecule has 0 aliphatic heterocycles. The van der Waals surface area contributed by atoms with Gasteiger partial charge in [0.15, 0.2) is 0 Å². The first kappa shape index (κ1) is 29.8. The van der Waals surface area contributed by atoms with E-state index in [1.54, 1.807) is 29.0 Å². The van der Waals surface area contributed by atoms with Gasteiger partial charge in [0.1, 0.15) is 5.82 Å². The lowest BCUT2D eigenvalue weighted by Crippen LogP contribution is -2.35. The SMILES string of the molecule is CCNCC.O=C(O)c1ccc(C2(NC(=O)c3cc(F)cc4ccn(Cc5ccc(C(F)(F)F)cc5)c34)CC2)cc1. The molecule has 10 heteroatoms. The van der Waals surface area contributed by atoms with Gasteiger partial charge in [0.2, 0.25) is 0 Å². The Hall–Kier alpha value is -4.18. The van der Waals surface area contributed by atoms with E-state index >= 15 is 0 Å². The Morgan fingerprint density at radius 2 is 1.59 bits per heavy atom. The summed E-state index contributed by atoms with van der Waals surface area (Å²) in [5.41, 5.74) is 0.631. The fraction of sp³-hybridized carbons (Fsp3) is 0.290. The van der Waals surface area contributed by atoms with Crippen molar-refractivity contribution in [1.82, 2.24) is 15.2 Å². The van der Waals surface area contributed by atoms with E-state index in [4.69, 9.17) is 5.11 Å². The number of hydrogen-bond acceptors (Lipinski definition) is 3. The highest BCUT2D eigenvalue weighted by atomic mass is 19.4. The smallest absolute Gasteiger partial charge is 0.416 e. The van der Waals surface area contributed by atoms with Crippen LogP contribution in [0.4, 0.5) is 17.6 Å². The van der Waals surface area contributed by atoms with Gasteiger partial charge in [0, 0.05) is 18.1 Å². The Bertz CT molecular complexity index is 1520. The number of halogens is 4. The third kappa shape index (κ3) is 6.94. The topological polar surface area (TPSA) is 83.4 Å². The molecule has 0 bridgehead atoms. The highest BCUT2D eigenvalue weighted by Gasteiger charge is 2.46. The summed E-state index contributed by atoms with van der Waals surface area (Å²) in [7, 11) is 0. The molecule has 1 aromatic heterocycles. The highest BCUT2D eigenvalue weighted by Crippen LogP contribution is 2.46. The summed E-state index contributed by atoms with van der Waals surface area (Å²) in [5, 5.41) is 15.7. The van der Waals surface area contributed by atoms with Crippen molar-refractivity contribution in [3.8, 4) is 0 Å². The molecule has 0 saturated heterocycles. The molecule has 216 valence electrons. The zero-order chi connectivity index (χ0) is 29.8. The van der Waals surface area contributed by atoms with Gasteiger partial charge in [-0.1, -0.05) is 38.1 Å². The number of hydrogen-bond donors (Lipinski definition) is 3. The normalized spacial score (nSPS) is 13.8. The predicted molar refractivity (Wildman–Crippen MR) is 148 cm³/mol. The number of amides is 1. The van der Waals surface area contributed by atoms with Gasteiger partial charge in [-0.3, -0.25) is 4.79 Å². The molecule has 41 heavy (non-hydrogen) atoms. The fourth-order valence-corrected chi connectivity index (χ4v) is 4.69. The fourth-order valence-electron chi connectivity index (χ4n) is 4.69. The van der Waals surface area contributed by atoms with Crippen LogP contribution >= 0.6 is 0 Å². The lowest BCUT2D eigenvalue weighted by Gasteiger charge is -2.19. The zero-order valence-corrected chi connectivity index (χ0v) is 22.7. The standard InChI is InChI=1S/C27H20F4N2O3.C4H11N/c28-21-13-18-9-12-33(15-16-1-5-20(6-2-16)27(29,30)31)23(18)22(14-21)24(34)32-26(10-11-26)19-7-3-17(4-8-19)25(35)36;1-3-5-4-2/h1-9,12-14H,10-11,15H2,(H,32,34)(H,35,36);5H,3-4H2,1-2H3. The van der Waals surface area contributed by atoms with E-state index in [9.17, 15) is 27.2 Å². The Morgan fingerprint density at radius 1 is 0.951 bits per heavy atom. The molecule has 1 saturated carbocycles. The van der Waals surface area contributed by atoms with Crippen LogP contribution in [-0.4, -0.2) is 34.6 Å². The Morgan fingerprint density at radius 3 is 2.10 bits per heavy atom. The molecular weight excluding hydrogens is 538 g/mol. The second-order valence-electron chi connectivity index (χ2n) is 9.91. The van der Waals surface area contributed by atoms with E-state index in [2.05, 4.69) is 24.5 Å². The Balaban J connectivity index is 0.000000714. The highest BCUT2D eigenvalue weighted by molar-refractivity contribution is 6.06. The number of nitrogens with one attached hydrogen (secondary N) is 2. The Labute approximate surface area is 235 Å². The summed E-state index contributed by atoms with van der Waals surface area (Å²) in [4.78, 5) is 24.5. The van der Waals surface area contributed by atoms with Gasteiger partial charge in [0.25, 0.3) is 5.91 Å². The molecular formula is C31H31F4N3O3. The average molecular weight is 570 g/mol. The van der Waals surface area contributed by atoms with Crippen LogP contribution in [0.25, 0.3) is 10.9 Å². The summed E-state index contributed by atoms with van der Waals surface area (Å²) >= 11 is 0. The quantitative estimate of drug-likeness (QED) is 0.209. The maximum atomic E-state index is 14.4. The number of carboxylic acids is 1. The van der Waals surface area contributed by atoms with Crippen molar-refractivity contribution < 1.29 is 32.3 Å². The first-order valence-electron chi connectivity index (χ1n) is 13.3. The molecule has 1 heterocycles. The first-order valence-corrected chi connectivity index (χ1v) is 13.3. The second kappa shape index (κ2) is 12.1. The summed E-state index contributed by atoms with van der Waals surface area (Å²) < 4.78 is 54.8. The number of carbonyl (C=O) groups is 2. The number of rotatable bonds is 8. The molecule has 3 N–H and O–H groups in total. The number of aromatic nitrogens is 1.